The van der Waals surface area contributed by atoms with Crippen LogP contribution in [0.5, 0.6) is 11.5 Å². The van der Waals surface area contributed by atoms with Crippen LogP contribution < -0.4 is 9.47 Å². The van der Waals surface area contributed by atoms with Gasteiger partial charge in [0.05, 0.1) is 17.6 Å². The number of nitrogens with zero attached hydrogens (tertiary/aromatic N) is 2. The average molecular weight is 463 g/mol. The number of rotatable bonds is 9. The van der Waals surface area contributed by atoms with Crippen LogP contribution in [-0.4, -0.2) is 16.2 Å². The minimum absolute atomic E-state index is 0.191. The highest BCUT2D eigenvalue weighted by atomic mass is 35.5. The van der Waals surface area contributed by atoms with Crippen LogP contribution in [0.1, 0.15) is 48.4 Å². The molecular formula is C28H31ClN2O2. The van der Waals surface area contributed by atoms with E-state index in [9.17, 15) is 0 Å². The van der Waals surface area contributed by atoms with E-state index in [1.54, 1.807) is 0 Å². The average Bonchev–Trinajstić information content (AvgIpc) is 3.17. The fourth-order valence-corrected chi connectivity index (χ4v) is 4.14. The van der Waals surface area contributed by atoms with E-state index in [1.807, 2.05) is 50.2 Å². The van der Waals surface area contributed by atoms with Gasteiger partial charge in [-0.05, 0) is 93.6 Å². The largest absolute Gasteiger partial charge is 0.493 e. The number of imidazole rings is 1. The summed E-state index contributed by atoms with van der Waals surface area (Å²) >= 11 is 6.17. The summed E-state index contributed by atoms with van der Waals surface area (Å²) in [7, 11) is 0. The molecule has 0 aliphatic rings. The molecule has 172 valence electrons. The number of aromatic nitrogens is 2. The van der Waals surface area contributed by atoms with Crippen molar-refractivity contribution in [1.82, 2.24) is 9.55 Å². The molecule has 4 aromatic rings. The van der Waals surface area contributed by atoms with Crippen molar-refractivity contribution < 1.29 is 9.47 Å². The summed E-state index contributed by atoms with van der Waals surface area (Å²) in [6.07, 6.45) is 1.76. The maximum atomic E-state index is 6.25. The number of benzene rings is 3. The fourth-order valence-electron chi connectivity index (χ4n) is 4.02. The number of para-hydroxylation sites is 2. The van der Waals surface area contributed by atoms with Crippen molar-refractivity contribution in [3.05, 3.63) is 88.2 Å². The lowest BCUT2D eigenvalue weighted by Gasteiger charge is -2.17. The third-order valence-corrected chi connectivity index (χ3v) is 6.50. The predicted octanol–water partition coefficient (Wildman–Crippen LogP) is 7.61. The van der Waals surface area contributed by atoms with Crippen LogP contribution in [0, 0.1) is 20.8 Å². The van der Waals surface area contributed by atoms with Crippen LogP contribution in [0.3, 0.4) is 0 Å². The Kier molecular flexibility index (Phi) is 7.24. The zero-order valence-electron chi connectivity index (χ0n) is 19.8. The first kappa shape index (κ1) is 23.2. The molecule has 5 heteroatoms. The second-order valence-electron chi connectivity index (χ2n) is 8.54. The van der Waals surface area contributed by atoms with Crippen LogP contribution >= 0.6 is 11.6 Å². The van der Waals surface area contributed by atoms with Crippen molar-refractivity contribution in [2.24, 2.45) is 0 Å². The number of halogens is 1. The molecule has 0 aliphatic heterocycles. The molecule has 4 nitrogen and oxygen atoms in total. The van der Waals surface area contributed by atoms with E-state index in [2.05, 4.69) is 42.7 Å². The van der Waals surface area contributed by atoms with Crippen molar-refractivity contribution in [2.45, 2.75) is 53.2 Å². The highest BCUT2D eigenvalue weighted by Gasteiger charge is 2.18. The van der Waals surface area contributed by atoms with Gasteiger partial charge in [-0.15, -0.1) is 0 Å². The van der Waals surface area contributed by atoms with Gasteiger partial charge in [-0.25, -0.2) is 4.98 Å². The number of ether oxygens (including phenoxy) is 2. The summed E-state index contributed by atoms with van der Waals surface area (Å²) < 4.78 is 14.6. The van der Waals surface area contributed by atoms with Crippen LogP contribution in [0.4, 0.5) is 0 Å². The Bertz CT molecular complexity index is 1250. The lowest BCUT2D eigenvalue weighted by Crippen LogP contribution is -2.13. The molecule has 0 fully saturated rings. The molecule has 0 bridgehead atoms. The molecule has 3 aromatic carbocycles. The standard InChI is InChI=1S/C28H31ClN2O2/c1-19-10-9-13-27(21(19)3)32-17-8-7-16-31-26-12-6-5-11-25(26)30-28(31)22(4)33-23-14-15-24(29)20(2)18-23/h5-6,9-15,18,22H,7-8,16-17H2,1-4H3. The summed E-state index contributed by atoms with van der Waals surface area (Å²) in [4.78, 5) is 4.90. The number of fused-ring (bicyclic) bond motifs is 1. The maximum absolute atomic E-state index is 6.25. The van der Waals surface area contributed by atoms with Gasteiger partial charge in [0, 0.05) is 11.6 Å². The maximum Gasteiger partial charge on any atom is 0.153 e. The van der Waals surface area contributed by atoms with Crippen LogP contribution in [0.15, 0.2) is 60.7 Å². The highest BCUT2D eigenvalue weighted by molar-refractivity contribution is 6.31. The molecule has 0 saturated carbocycles. The highest BCUT2D eigenvalue weighted by Crippen LogP contribution is 2.28. The molecule has 0 radical (unpaired) electrons. The van der Waals surface area contributed by atoms with Gasteiger partial charge < -0.3 is 14.0 Å². The van der Waals surface area contributed by atoms with Crippen LogP contribution in [0.2, 0.25) is 5.02 Å². The van der Waals surface area contributed by atoms with Crippen molar-refractivity contribution in [2.75, 3.05) is 6.61 Å². The number of aryl methyl sites for hydroxylation is 3. The lowest BCUT2D eigenvalue weighted by atomic mass is 10.1. The smallest absolute Gasteiger partial charge is 0.153 e. The summed E-state index contributed by atoms with van der Waals surface area (Å²) in [6.45, 7) is 9.81. The van der Waals surface area contributed by atoms with E-state index in [4.69, 9.17) is 26.1 Å². The van der Waals surface area contributed by atoms with Gasteiger partial charge >= 0.3 is 0 Å². The third kappa shape index (κ3) is 5.33. The minimum atomic E-state index is -0.191. The normalized spacial score (nSPS) is 12.2. The van der Waals surface area contributed by atoms with E-state index in [-0.39, 0.29) is 6.10 Å². The first-order chi connectivity index (χ1) is 15.9. The van der Waals surface area contributed by atoms with Gasteiger partial charge in [-0.3, -0.25) is 0 Å². The molecule has 0 aliphatic carbocycles. The second-order valence-corrected chi connectivity index (χ2v) is 8.94. The Morgan fingerprint density at radius 2 is 1.76 bits per heavy atom. The number of unbranched alkanes of at least 4 members (excludes halogenated alkanes) is 1. The molecule has 4 rings (SSSR count). The summed E-state index contributed by atoms with van der Waals surface area (Å²) in [6, 6.07) is 20.2. The molecule has 0 amide bonds. The van der Waals surface area contributed by atoms with Gasteiger partial charge in [0.1, 0.15) is 11.5 Å². The van der Waals surface area contributed by atoms with Crippen LogP contribution in [-0.2, 0) is 6.54 Å². The van der Waals surface area contributed by atoms with Gasteiger partial charge in [0.15, 0.2) is 11.9 Å². The van der Waals surface area contributed by atoms with Crippen molar-refractivity contribution >= 4 is 22.6 Å². The lowest BCUT2D eigenvalue weighted by molar-refractivity contribution is 0.210. The van der Waals surface area contributed by atoms with Gasteiger partial charge in [0.25, 0.3) is 0 Å². The Hall–Kier alpha value is -2.98. The van der Waals surface area contributed by atoms with Gasteiger partial charge in [-0.1, -0.05) is 35.9 Å². The monoisotopic (exact) mass is 462 g/mol. The van der Waals surface area contributed by atoms with E-state index < -0.39 is 0 Å². The molecule has 0 N–H and O–H groups in total. The van der Waals surface area contributed by atoms with E-state index in [0.29, 0.717) is 6.61 Å². The SMILES string of the molecule is Cc1cc(OC(C)c2nc3ccccc3n2CCCCOc2cccc(C)c2C)ccc1Cl. The van der Waals surface area contributed by atoms with Gasteiger partial charge in [0.2, 0.25) is 0 Å². The summed E-state index contributed by atoms with van der Waals surface area (Å²) in [5.74, 6) is 2.70. The Balaban J connectivity index is 1.44. The molecule has 1 heterocycles. The molecule has 0 spiro atoms. The molecule has 1 atom stereocenters. The molecule has 0 saturated heterocycles. The van der Waals surface area contributed by atoms with Crippen molar-refractivity contribution in [3.8, 4) is 11.5 Å². The fraction of sp³-hybridized carbons (Fsp3) is 0.321. The second kappa shape index (κ2) is 10.3. The first-order valence-electron chi connectivity index (χ1n) is 11.5. The summed E-state index contributed by atoms with van der Waals surface area (Å²) in [5.41, 5.74) is 5.59. The predicted molar refractivity (Wildman–Crippen MR) is 136 cm³/mol. The molecule has 33 heavy (non-hydrogen) atoms. The molecule has 1 aromatic heterocycles. The van der Waals surface area contributed by atoms with E-state index in [1.165, 1.54) is 11.1 Å². The van der Waals surface area contributed by atoms with E-state index in [0.717, 1.165) is 58.3 Å². The Labute approximate surface area is 201 Å². The molecular weight excluding hydrogens is 432 g/mol. The molecule has 1 unspecified atom stereocenters. The van der Waals surface area contributed by atoms with Gasteiger partial charge in [-0.2, -0.15) is 0 Å². The third-order valence-electron chi connectivity index (χ3n) is 6.08. The summed E-state index contributed by atoms with van der Waals surface area (Å²) in [5, 5.41) is 0.741. The zero-order chi connectivity index (χ0) is 23.4. The van der Waals surface area contributed by atoms with Crippen molar-refractivity contribution in [1.29, 1.82) is 0 Å². The number of hydrogen-bond acceptors (Lipinski definition) is 3. The Morgan fingerprint density at radius 3 is 2.58 bits per heavy atom. The topological polar surface area (TPSA) is 36.3 Å². The van der Waals surface area contributed by atoms with E-state index >= 15 is 0 Å². The van der Waals surface area contributed by atoms with Crippen LogP contribution in [0.25, 0.3) is 11.0 Å². The zero-order valence-corrected chi connectivity index (χ0v) is 20.5. The quantitative estimate of drug-likeness (QED) is 0.240. The first-order valence-corrected chi connectivity index (χ1v) is 11.9. The van der Waals surface area contributed by atoms with Crippen molar-refractivity contribution in [3.63, 3.8) is 0 Å². The number of hydrogen-bond donors (Lipinski definition) is 0. The Morgan fingerprint density at radius 1 is 0.939 bits per heavy atom. The minimum Gasteiger partial charge on any atom is -0.493 e.